The fourth-order valence-electron chi connectivity index (χ4n) is 1.32. The van der Waals surface area contributed by atoms with Gasteiger partial charge in [-0.15, -0.1) is 0 Å². The van der Waals surface area contributed by atoms with Crippen molar-refractivity contribution in [3.63, 3.8) is 0 Å². The molecular weight excluding hydrogens is 150 g/mol. The van der Waals surface area contributed by atoms with E-state index in [-0.39, 0.29) is 5.66 Å². The highest BCUT2D eigenvalue weighted by atomic mass is 15.2. The Kier molecular flexibility index (Phi) is 2.76. The first-order chi connectivity index (χ1) is 5.72. The van der Waals surface area contributed by atoms with Gasteiger partial charge in [-0.25, -0.2) is 0 Å². The summed E-state index contributed by atoms with van der Waals surface area (Å²) in [5.41, 5.74) is 6.28. The molecule has 3 nitrogen and oxygen atoms in total. The molecule has 1 aliphatic heterocycles. The molecule has 0 aromatic heterocycles. The maximum Gasteiger partial charge on any atom is 0.107 e. The van der Waals surface area contributed by atoms with Crippen LogP contribution in [0.5, 0.6) is 0 Å². The van der Waals surface area contributed by atoms with Gasteiger partial charge in [0.2, 0.25) is 0 Å². The van der Waals surface area contributed by atoms with E-state index in [9.17, 15) is 0 Å². The zero-order valence-electron chi connectivity index (χ0n) is 7.72. The summed E-state index contributed by atoms with van der Waals surface area (Å²) in [6.07, 6.45) is 6.85. The van der Waals surface area contributed by atoms with E-state index < -0.39 is 0 Å². The third kappa shape index (κ3) is 1.80. The molecule has 1 heterocycles. The highest BCUT2D eigenvalue weighted by Gasteiger charge is 2.23. The van der Waals surface area contributed by atoms with Crippen LogP contribution in [0.15, 0.2) is 24.0 Å². The lowest BCUT2D eigenvalue weighted by molar-refractivity contribution is 0.353. The Balaban J connectivity index is 2.66. The van der Waals surface area contributed by atoms with E-state index in [1.165, 1.54) is 0 Å². The Bertz CT molecular complexity index is 208. The van der Waals surface area contributed by atoms with Gasteiger partial charge in [0, 0.05) is 11.9 Å². The van der Waals surface area contributed by atoms with Crippen molar-refractivity contribution >= 4 is 0 Å². The number of rotatable bonds is 3. The predicted molar refractivity (Wildman–Crippen MR) is 51.2 cm³/mol. The van der Waals surface area contributed by atoms with Gasteiger partial charge in [-0.3, -0.25) is 5.32 Å². The van der Waals surface area contributed by atoms with Gasteiger partial charge in [-0.1, -0.05) is 13.8 Å². The molecule has 0 aliphatic carbocycles. The molecule has 1 atom stereocenters. The second-order valence-corrected chi connectivity index (χ2v) is 2.98. The van der Waals surface area contributed by atoms with Crippen LogP contribution in [0.25, 0.3) is 0 Å². The van der Waals surface area contributed by atoms with Crippen LogP contribution >= 0.6 is 0 Å². The summed E-state index contributed by atoms with van der Waals surface area (Å²) in [5, 5.41) is 6.62. The minimum Gasteiger partial charge on any atom is -0.398 e. The van der Waals surface area contributed by atoms with Crippen molar-refractivity contribution in [3.8, 4) is 0 Å². The van der Waals surface area contributed by atoms with E-state index >= 15 is 0 Å². The Morgan fingerprint density at radius 2 is 2.33 bits per heavy atom. The SMILES string of the molecule is CCNC1(CC)C=CC(N)=CN1. The van der Waals surface area contributed by atoms with E-state index in [4.69, 9.17) is 5.73 Å². The van der Waals surface area contributed by atoms with Crippen molar-refractivity contribution in [2.24, 2.45) is 5.73 Å². The third-order valence-corrected chi connectivity index (χ3v) is 2.11. The summed E-state index contributed by atoms with van der Waals surface area (Å²) >= 11 is 0. The molecule has 68 valence electrons. The maximum atomic E-state index is 5.59. The number of allylic oxidation sites excluding steroid dienone is 1. The molecule has 12 heavy (non-hydrogen) atoms. The van der Waals surface area contributed by atoms with Gasteiger partial charge in [-0.2, -0.15) is 0 Å². The highest BCUT2D eigenvalue weighted by molar-refractivity contribution is 5.24. The Labute approximate surface area is 73.7 Å². The Morgan fingerprint density at radius 3 is 2.75 bits per heavy atom. The number of hydrogen-bond donors (Lipinski definition) is 3. The number of dihydropyridines is 1. The van der Waals surface area contributed by atoms with Crippen molar-refractivity contribution in [1.29, 1.82) is 0 Å². The molecule has 3 heteroatoms. The predicted octanol–water partition coefficient (Wildman–Crippen LogP) is 0.662. The topological polar surface area (TPSA) is 50.1 Å². The molecule has 0 saturated carbocycles. The molecule has 0 aromatic carbocycles. The average Bonchev–Trinajstić information content (AvgIpc) is 2.10. The van der Waals surface area contributed by atoms with E-state index in [2.05, 4.69) is 30.6 Å². The molecule has 0 radical (unpaired) electrons. The smallest absolute Gasteiger partial charge is 0.107 e. The lowest BCUT2D eigenvalue weighted by Gasteiger charge is -2.33. The summed E-state index contributed by atoms with van der Waals surface area (Å²) < 4.78 is 0. The lowest BCUT2D eigenvalue weighted by Crippen LogP contribution is -2.54. The van der Waals surface area contributed by atoms with Crippen LogP contribution in [0, 0.1) is 0 Å². The van der Waals surface area contributed by atoms with Crippen LogP contribution in [0.3, 0.4) is 0 Å². The van der Waals surface area contributed by atoms with Crippen molar-refractivity contribution in [2.75, 3.05) is 6.54 Å². The van der Waals surface area contributed by atoms with E-state index in [0.29, 0.717) is 0 Å². The van der Waals surface area contributed by atoms with Crippen LogP contribution in [0.4, 0.5) is 0 Å². The van der Waals surface area contributed by atoms with Crippen molar-refractivity contribution in [3.05, 3.63) is 24.0 Å². The first kappa shape index (κ1) is 9.13. The number of likely N-dealkylation sites (N-methyl/N-ethyl adjacent to an activating group) is 1. The van der Waals surface area contributed by atoms with Gasteiger partial charge in [0.25, 0.3) is 0 Å². The van der Waals surface area contributed by atoms with Crippen LogP contribution in [-0.2, 0) is 0 Å². The molecule has 1 rings (SSSR count). The zero-order chi connectivity index (χ0) is 9.03. The molecular formula is C9H17N3. The van der Waals surface area contributed by atoms with Gasteiger partial charge in [-0.05, 0) is 25.1 Å². The molecule has 0 aromatic rings. The van der Waals surface area contributed by atoms with Crippen LogP contribution in [0.2, 0.25) is 0 Å². The Hall–Kier alpha value is -0.960. The number of hydrogen-bond acceptors (Lipinski definition) is 3. The molecule has 1 unspecified atom stereocenters. The molecule has 0 saturated heterocycles. The molecule has 1 aliphatic rings. The van der Waals surface area contributed by atoms with Crippen LogP contribution in [0.1, 0.15) is 20.3 Å². The molecule has 0 bridgehead atoms. The van der Waals surface area contributed by atoms with Crippen molar-refractivity contribution in [1.82, 2.24) is 10.6 Å². The fraction of sp³-hybridized carbons (Fsp3) is 0.556. The maximum absolute atomic E-state index is 5.59. The minimum absolute atomic E-state index is 0.0857. The summed E-state index contributed by atoms with van der Waals surface area (Å²) in [7, 11) is 0. The lowest BCUT2D eigenvalue weighted by atomic mass is 10.0. The standard InChI is InChI=1S/C9H17N3/c1-3-9(11-4-2)6-5-8(10)7-12-9/h5-7,11-12H,3-4,10H2,1-2H3. The van der Waals surface area contributed by atoms with Crippen molar-refractivity contribution in [2.45, 2.75) is 25.9 Å². The third-order valence-electron chi connectivity index (χ3n) is 2.11. The van der Waals surface area contributed by atoms with E-state index in [1.54, 1.807) is 0 Å². The highest BCUT2D eigenvalue weighted by Crippen LogP contribution is 2.12. The summed E-state index contributed by atoms with van der Waals surface area (Å²) in [6.45, 7) is 5.17. The molecule has 0 amide bonds. The summed E-state index contributed by atoms with van der Waals surface area (Å²) in [6, 6.07) is 0. The van der Waals surface area contributed by atoms with Crippen molar-refractivity contribution < 1.29 is 0 Å². The zero-order valence-corrected chi connectivity index (χ0v) is 7.72. The summed E-state index contributed by atoms with van der Waals surface area (Å²) in [5.74, 6) is 0. The minimum atomic E-state index is -0.0857. The molecule has 0 spiro atoms. The van der Waals surface area contributed by atoms with E-state index in [1.807, 2.05) is 12.3 Å². The number of nitrogens with one attached hydrogen (secondary N) is 2. The molecule has 0 fully saturated rings. The van der Waals surface area contributed by atoms with Crippen LogP contribution < -0.4 is 16.4 Å². The fourth-order valence-corrected chi connectivity index (χ4v) is 1.32. The van der Waals surface area contributed by atoms with Gasteiger partial charge in [0.15, 0.2) is 0 Å². The normalized spacial score (nSPS) is 28.0. The first-order valence-electron chi connectivity index (χ1n) is 4.40. The van der Waals surface area contributed by atoms with Gasteiger partial charge < -0.3 is 11.1 Å². The van der Waals surface area contributed by atoms with Gasteiger partial charge in [0.1, 0.15) is 5.66 Å². The Morgan fingerprint density at radius 1 is 1.58 bits per heavy atom. The first-order valence-corrected chi connectivity index (χ1v) is 4.40. The second-order valence-electron chi connectivity index (χ2n) is 2.98. The number of nitrogens with two attached hydrogens (primary N) is 1. The van der Waals surface area contributed by atoms with Gasteiger partial charge >= 0.3 is 0 Å². The van der Waals surface area contributed by atoms with Crippen LogP contribution in [-0.4, -0.2) is 12.2 Å². The monoisotopic (exact) mass is 167 g/mol. The second kappa shape index (κ2) is 3.63. The largest absolute Gasteiger partial charge is 0.398 e. The van der Waals surface area contributed by atoms with E-state index in [0.717, 1.165) is 18.7 Å². The van der Waals surface area contributed by atoms with Gasteiger partial charge in [0.05, 0.1) is 0 Å². The summed E-state index contributed by atoms with van der Waals surface area (Å²) in [4.78, 5) is 0. The average molecular weight is 167 g/mol. The molecule has 4 N–H and O–H groups in total. The quantitative estimate of drug-likeness (QED) is 0.579.